The van der Waals surface area contributed by atoms with Crippen molar-refractivity contribution in [1.29, 1.82) is 0 Å². The second kappa shape index (κ2) is 3.55. The average Bonchev–Trinajstić information content (AvgIpc) is 2.56. The number of nitrogens with one attached hydrogen (secondary N) is 1. The van der Waals surface area contributed by atoms with Gasteiger partial charge in [-0.1, -0.05) is 13.8 Å². The molecule has 2 nitrogen and oxygen atoms in total. The van der Waals surface area contributed by atoms with E-state index in [-0.39, 0.29) is 0 Å². The van der Waals surface area contributed by atoms with Gasteiger partial charge in [0.15, 0.2) is 0 Å². The van der Waals surface area contributed by atoms with Crippen molar-refractivity contribution in [1.82, 2.24) is 10.2 Å². The number of rotatable bonds is 0. The van der Waals surface area contributed by atoms with Crippen LogP contribution in [0.25, 0.3) is 0 Å². The van der Waals surface area contributed by atoms with Crippen molar-refractivity contribution in [3.63, 3.8) is 0 Å². The van der Waals surface area contributed by atoms with E-state index in [0.29, 0.717) is 5.54 Å². The Balaban J connectivity index is 0.000000281. The topological polar surface area (TPSA) is 15.3 Å². The molecule has 0 radical (unpaired) electrons. The second-order valence-electron chi connectivity index (χ2n) is 3.32. The summed E-state index contributed by atoms with van der Waals surface area (Å²) >= 11 is 0. The van der Waals surface area contributed by atoms with Crippen molar-refractivity contribution in [2.45, 2.75) is 32.2 Å². The highest BCUT2D eigenvalue weighted by atomic mass is 15.3. The number of hydrogen-bond donors (Lipinski definition) is 1. The van der Waals surface area contributed by atoms with E-state index in [2.05, 4.69) is 17.3 Å². The molecule has 11 heavy (non-hydrogen) atoms. The molecule has 0 amide bonds. The first-order valence-electron chi connectivity index (χ1n) is 4.75. The first-order chi connectivity index (χ1) is 5.33. The Hall–Kier alpha value is -0.0800. The SMILES string of the molecule is CC.CN1CCC12CCNC2. The minimum absolute atomic E-state index is 0.597. The smallest absolute Gasteiger partial charge is 0.0355 e. The van der Waals surface area contributed by atoms with Gasteiger partial charge in [0, 0.05) is 18.6 Å². The number of nitrogens with zero attached hydrogens (tertiary/aromatic N) is 1. The zero-order valence-electron chi connectivity index (χ0n) is 7.98. The Morgan fingerprint density at radius 2 is 2.00 bits per heavy atom. The Kier molecular flexibility index (Phi) is 2.90. The summed E-state index contributed by atoms with van der Waals surface area (Å²) in [6, 6.07) is 0. The van der Waals surface area contributed by atoms with Gasteiger partial charge in [0.05, 0.1) is 0 Å². The molecule has 0 bridgehead atoms. The minimum atomic E-state index is 0.597. The maximum Gasteiger partial charge on any atom is 0.0355 e. The first kappa shape index (κ1) is 9.01. The zero-order valence-corrected chi connectivity index (χ0v) is 7.98. The molecular formula is C9H20N2. The van der Waals surface area contributed by atoms with Crippen LogP contribution in [0.2, 0.25) is 0 Å². The van der Waals surface area contributed by atoms with Crippen molar-refractivity contribution < 1.29 is 0 Å². The largest absolute Gasteiger partial charge is 0.315 e. The van der Waals surface area contributed by atoms with Gasteiger partial charge in [-0.2, -0.15) is 0 Å². The van der Waals surface area contributed by atoms with Gasteiger partial charge in [-0.15, -0.1) is 0 Å². The molecule has 2 fully saturated rings. The maximum atomic E-state index is 3.40. The van der Waals surface area contributed by atoms with Crippen LogP contribution in [0.15, 0.2) is 0 Å². The summed E-state index contributed by atoms with van der Waals surface area (Å²) in [5, 5.41) is 3.40. The van der Waals surface area contributed by atoms with Gasteiger partial charge in [-0.05, 0) is 26.4 Å². The highest BCUT2D eigenvalue weighted by molar-refractivity contribution is 5.03. The quantitative estimate of drug-likeness (QED) is 0.564. The number of likely N-dealkylation sites (N-methyl/N-ethyl adjacent to an activating group) is 1. The van der Waals surface area contributed by atoms with Crippen LogP contribution >= 0.6 is 0 Å². The highest BCUT2D eigenvalue weighted by Gasteiger charge is 2.43. The Morgan fingerprint density at radius 3 is 2.18 bits per heavy atom. The summed E-state index contributed by atoms with van der Waals surface area (Å²) in [6.45, 7) is 7.76. The van der Waals surface area contributed by atoms with Crippen LogP contribution in [0.5, 0.6) is 0 Å². The van der Waals surface area contributed by atoms with Gasteiger partial charge in [-0.3, -0.25) is 4.90 Å². The lowest BCUT2D eigenvalue weighted by molar-refractivity contribution is 0.0292. The molecule has 1 spiro atoms. The average molecular weight is 156 g/mol. The van der Waals surface area contributed by atoms with Crippen LogP contribution in [-0.4, -0.2) is 37.1 Å². The van der Waals surface area contributed by atoms with Crippen molar-refractivity contribution >= 4 is 0 Å². The fourth-order valence-electron chi connectivity index (χ4n) is 1.92. The van der Waals surface area contributed by atoms with E-state index in [4.69, 9.17) is 0 Å². The third kappa shape index (κ3) is 1.42. The molecule has 1 N–H and O–H groups in total. The summed E-state index contributed by atoms with van der Waals surface area (Å²) in [5.41, 5.74) is 0.597. The lowest BCUT2D eigenvalue weighted by atomic mass is 9.85. The lowest BCUT2D eigenvalue weighted by Gasteiger charge is -2.48. The van der Waals surface area contributed by atoms with Crippen LogP contribution in [0.3, 0.4) is 0 Å². The van der Waals surface area contributed by atoms with Gasteiger partial charge in [-0.25, -0.2) is 0 Å². The molecule has 2 heteroatoms. The molecule has 66 valence electrons. The third-order valence-electron chi connectivity index (χ3n) is 2.94. The molecule has 2 saturated heterocycles. The predicted molar refractivity (Wildman–Crippen MR) is 48.8 cm³/mol. The molecule has 0 aromatic heterocycles. The molecule has 0 aromatic carbocycles. The normalized spacial score (nSPS) is 36.3. The summed E-state index contributed by atoms with van der Waals surface area (Å²) in [4.78, 5) is 2.48. The standard InChI is InChI=1S/C7H14N2.C2H6/c1-9-5-3-7(9)2-4-8-6-7;1-2/h8H,2-6H2,1H3;1-2H3. The van der Waals surface area contributed by atoms with Crippen molar-refractivity contribution in [3.8, 4) is 0 Å². The molecule has 0 saturated carbocycles. The monoisotopic (exact) mass is 156 g/mol. The Labute approximate surface area is 70.0 Å². The second-order valence-corrected chi connectivity index (χ2v) is 3.32. The van der Waals surface area contributed by atoms with Crippen LogP contribution < -0.4 is 5.32 Å². The molecule has 2 aliphatic rings. The van der Waals surface area contributed by atoms with Gasteiger partial charge >= 0.3 is 0 Å². The van der Waals surface area contributed by atoms with Crippen LogP contribution in [-0.2, 0) is 0 Å². The fraction of sp³-hybridized carbons (Fsp3) is 1.00. The number of hydrogen-bond acceptors (Lipinski definition) is 2. The summed E-state index contributed by atoms with van der Waals surface area (Å²) in [7, 11) is 2.23. The Morgan fingerprint density at radius 1 is 1.27 bits per heavy atom. The van der Waals surface area contributed by atoms with E-state index < -0.39 is 0 Å². The van der Waals surface area contributed by atoms with E-state index in [0.717, 1.165) is 0 Å². The van der Waals surface area contributed by atoms with Gasteiger partial charge < -0.3 is 5.32 Å². The van der Waals surface area contributed by atoms with Crippen molar-refractivity contribution in [2.75, 3.05) is 26.7 Å². The van der Waals surface area contributed by atoms with Crippen LogP contribution in [0.4, 0.5) is 0 Å². The van der Waals surface area contributed by atoms with E-state index >= 15 is 0 Å². The Bertz CT molecular complexity index is 117. The molecule has 0 aliphatic carbocycles. The van der Waals surface area contributed by atoms with E-state index in [1.165, 1.54) is 32.5 Å². The molecule has 0 aromatic rings. The lowest BCUT2D eigenvalue weighted by Crippen LogP contribution is -2.58. The molecule has 1 unspecified atom stereocenters. The van der Waals surface area contributed by atoms with E-state index in [9.17, 15) is 0 Å². The van der Waals surface area contributed by atoms with Crippen LogP contribution in [0.1, 0.15) is 26.7 Å². The summed E-state index contributed by atoms with van der Waals surface area (Å²) in [5.74, 6) is 0. The summed E-state index contributed by atoms with van der Waals surface area (Å²) < 4.78 is 0. The van der Waals surface area contributed by atoms with E-state index in [1.54, 1.807) is 0 Å². The van der Waals surface area contributed by atoms with Gasteiger partial charge in [0.2, 0.25) is 0 Å². The fourth-order valence-corrected chi connectivity index (χ4v) is 1.92. The molecule has 2 heterocycles. The molecule has 2 rings (SSSR count). The molecule has 1 atom stereocenters. The van der Waals surface area contributed by atoms with Gasteiger partial charge in [0.25, 0.3) is 0 Å². The molecule has 2 aliphatic heterocycles. The zero-order chi connectivity index (χ0) is 8.32. The van der Waals surface area contributed by atoms with Crippen molar-refractivity contribution in [3.05, 3.63) is 0 Å². The highest BCUT2D eigenvalue weighted by Crippen LogP contribution is 2.33. The molecular weight excluding hydrogens is 136 g/mol. The van der Waals surface area contributed by atoms with Crippen LogP contribution in [0, 0.1) is 0 Å². The third-order valence-corrected chi connectivity index (χ3v) is 2.94. The van der Waals surface area contributed by atoms with E-state index in [1.807, 2.05) is 13.8 Å². The van der Waals surface area contributed by atoms with Gasteiger partial charge in [0.1, 0.15) is 0 Å². The maximum absolute atomic E-state index is 3.40. The predicted octanol–water partition coefficient (Wildman–Crippen LogP) is 1.08. The summed E-state index contributed by atoms with van der Waals surface area (Å²) in [6.07, 6.45) is 2.78. The minimum Gasteiger partial charge on any atom is -0.315 e. The van der Waals surface area contributed by atoms with Crippen molar-refractivity contribution in [2.24, 2.45) is 0 Å². The number of likely N-dealkylation sites (tertiary alicyclic amines) is 1. The first-order valence-corrected chi connectivity index (χ1v) is 4.75.